The lowest BCUT2D eigenvalue weighted by atomic mass is 9.97. The number of aliphatic hydroxyl groups is 1. The predicted octanol–water partition coefficient (Wildman–Crippen LogP) is 4.21. The van der Waals surface area contributed by atoms with E-state index in [1.807, 2.05) is 41.7 Å². The zero-order valence-corrected chi connectivity index (χ0v) is 14.5. The fourth-order valence-electron chi connectivity index (χ4n) is 3.45. The number of β-amino-alcohol motifs (C(OH)–C–C–N with tert-alkyl or cyclic N) is 1. The number of hydrogen-bond acceptors (Lipinski definition) is 4. The first-order valence-electron chi connectivity index (χ1n) is 8.60. The first-order valence-corrected chi connectivity index (χ1v) is 9.42. The van der Waals surface area contributed by atoms with Crippen LogP contribution in [0.4, 0.5) is 0 Å². The van der Waals surface area contributed by atoms with Crippen LogP contribution in [0.5, 0.6) is 0 Å². The van der Waals surface area contributed by atoms with E-state index in [9.17, 15) is 5.11 Å². The minimum absolute atomic E-state index is 0.398. The Labute approximate surface area is 146 Å². The summed E-state index contributed by atoms with van der Waals surface area (Å²) in [6.07, 6.45) is 1.85. The van der Waals surface area contributed by atoms with Gasteiger partial charge >= 0.3 is 0 Å². The number of para-hydroxylation sites is 1. The van der Waals surface area contributed by atoms with Crippen molar-refractivity contribution in [2.24, 2.45) is 0 Å². The predicted molar refractivity (Wildman–Crippen MR) is 99.4 cm³/mol. The van der Waals surface area contributed by atoms with Crippen molar-refractivity contribution in [1.82, 2.24) is 9.88 Å². The number of rotatable bonds is 4. The third-order valence-electron chi connectivity index (χ3n) is 4.86. The summed E-state index contributed by atoms with van der Waals surface area (Å²) in [6, 6.07) is 18.3. The maximum atomic E-state index is 10.4. The molecule has 1 aromatic heterocycles. The van der Waals surface area contributed by atoms with E-state index < -0.39 is 6.10 Å². The molecule has 0 aliphatic carbocycles. The summed E-state index contributed by atoms with van der Waals surface area (Å²) in [7, 11) is 0. The summed E-state index contributed by atoms with van der Waals surface area (Å²) in [5, 5.41) is 11.7. The SMILES string of the molecule is OC(CN1CCC(c2nc3ccccc3s2)CC1)c1ccccc1. The van der Waals surface area contributed by atoms with E-state index in [0.717, 1.165) is 43.6 Å². The monoisotopic (exact) mass is 338 g/mol. The number of piperidine rings is 1. The number of aliphatic hydroxyl groups excluding tert-OH is 1. The smallest absolute Gasteiger partial charge is 0.0970 e. The lowest BCUT2D eigenvalue weighted by molar-refractivity contribution is 0.0972. The average molecular weight is 338 g/mol. The van der Waals surface area contributed by atoms with E-state index in [1.54, 1.807) is 0 Å². The second-order valence-electron chi connectivity index (χ2n) is 6.52. The van der Waals surface area contributed by atoms with Crippen molar-refractivity contribution < 1.29 is 5.11 Å². The molecule has 2 heterocycles. The summed E-state index contributed by atoms with van der Waals surface area (Å²) >= 11 is 1.84. The van der Waals surface area contributed by atoms with Crippen LogP contribution in [0.25, 0.3) is 10.2 Å². The Morgan fingerprint density at radius 1 is 1.04 bits per heavy atom. The molecule has 0 amide bonds. The molecule has 124 valence electrons. The van der Waals surface area contributed by atoms with Gasteiger partial charge in [-0.3, -0.25) is 0 Å². The Bertz CT molecular complexity index is 761. The van der Waals surface area contributed by atoms with Crippen molar-refractivity contribution in [2.75, 3.05) is 19.6 Å². The zero-order valence-electron chi connectivity index (χ0n) is 13.6. The molecular weight excluding hydrogens is 316 g/mol. The molecule has 0 saturated carbocycles. The van der Waals surface area contributed by atoms with Gasteiger partial charge in [0.05, 0.1) is 21.3 Å². The minimum atomic E-state index is -0.398. The van der Waals surface area contributed by atoms with Gasteiger partial charge in [0.1, 0.15) is 0 Å². The maximum absolute atomic E-state index is 10.4. The van der Waals surface area contributed by atoms with Crippen molar-refractivity contribution in [2.45, 2.75) is 24.9 Å². The van der Waals surface area contributed by atoms with Crippen LogP contribution >= 0.6 is 11.3 Å². The molecule has 1 N–H and O–H groups in total. The first-order chi connectivity index (χ1) is 11.8. The summed E-state index contributed by atoms with van der Waals surface area (Å²) in [6.45, 7) is 2.78. The molecule has 4 heteroatoms. The van der Waals surface area contributed by atoms with Gasteiger partial charge in [0.25, 0.3) is 0 Å². The van der Waals surface area contributed by atoms with E-state index in [4.69, 9.17) is 4.98 Å². The number of likely N-dealkylation sites (tertiary alicyclic amines) is 1. The van der Waals surface area contributed by atoms with Crippen molar-refractivity contribution in [3.05, 3.63) is 65.2 Å². The summed E-state index contributed by atoms with van der Waals surface area (Å²) in [5.41, 5.74) is 2.13. The standard InChI is InChI=1S/C20H22N2OS/c23-18(15-6-2-1-3-7-15)14-22-12-10-16(11-13-22)20-21-17-8-4-5-9-19(17)24-20/h1-9,16,18,23H,10-14H2. The van der Waals surface area contributed by atoms with Crippen LogP contribution in [0.2, 0.25) is 0 Å². The molecule has 0 bridgehead atoms. The second kappa shape index (κ2) is 7.01. The fourth-order valence-corrected chi connectivity index (χ4v) is 4.59. The van der Waals surface area contributed by atoms with Gasteiger partial charge in [-0.05, 0) is 43.6 Å². The molecule has 1 atom stereocenters. The molecule has 24 heavy (non-hydrogen) atoms. The van der Waals surface area contributed by atoms with Crippen LogP contribution in [0.1, 0.15) is 35.4 Å². The summed E-state index contributed by atoms with van der Waals surface area (Å²) < 4.78 is 1.29. The highest BCUT2D eigenvalue weighted by molar-refractivity contribution is 7.18. The fraction of sp³-hybridized carbons (Fsp3) is 0.350. The number of nitrogens with zero attached hydrogens (tertiary/aromatic N) is 2. The van der Waals surface area contributed by atoms with Crippen molar-refractivity contribution >= 4 is 21.6 Å². The van der Waals surface area contributed by atoms with E-state index in [0.29, 0.717) is 5.92 Å². The van der Waals surface area contributed by atoms with Crippen LogP contribution in [0.3, 0.4) is 0 Å². The highest BCUT2D eigenvalue weighted by Crippen LogP contribution is 2.34. The zero-order chi connectivity index (χ0) is 16.4. The Kier molecular flexibility index (Phi) is 4.60. The largest absolute Gasteiger partial charge is 0.387 e. The number of fused-ring (bicyclic) bond motifs is 1. The van der Waals surface area contributed by atoms with Gasteiger partial charge in [-0.2, -0.15) is 0 Å². The molecule has 3 aromatic rings. The third-order valence-corrected chi connectivity index (χ3v) is 6.06. The van der Waals surface area contributed by atoms with Crippen LogP contribution in [0, 0.1) is 0 Å². The van der Waals surface area contributed by atoms with Gasteiger partial charge in [-0.25, -0.2) is 4.98 Å². The summed E-state index contributed by atoms with van der Waals surface area (Å²) in [5.74, 6) is 0.563. The van der Waals surface area contributed by atoms with Crippen molar-refractivity contribution in [3.63, 3.8) is 0 Å². The van der Waals surface area contributed by atoms with Crippen molar-refractivity contribution in [3.8, 4) is 0 Å². The van der Waals surface area contributed by atoms with Crippen LogP contribution < -0.4 is 0 Å². The Morgan fingerprint density at radius 3 is 2.50 bits per heavy atom. The highest BCUT2D eigenvalue weighted by Gasteiger charge is 2.24. The molecule has 0 spiro atoms. The van der Waals surface area contributed by atoms with E-state index >= 15 is 0 Å². The van der Waals surface area contributed by atoms with Crippen LogP contribution in [-0.4, -0.2) is 34.6 Å². The second-order valence-corrected chi connectivity index (χ2v) is 7.58. The topological polar surface area (TPSA) is 36.4 Å². The lowest BCUT2D eigenvalue weighted by Crippen LogP contribution is -2.36. The van der Waals surface area contributed by atoms with Gasteiger partial charge in [-0.1, -0.05) is 42.5 Å². The first kappa shape index (κ1) is 15.8. The molecule has 0 radical (unpaired) electrons. The van der Waals surface area contributed by atoms with Crippen molar-refractivity contribution in [1.29, 1.82) is 0 Å². The highest BCUT2D eigenvalue weighted by atomic mass is 32.1. The minimum Gasteiger partial charge on any atom is -0.387 e. The van der Waals surface area contributed by atoms with E-state index in [2.05, 4.69) is 29.2 Å². The molecule has 1 saturated heterocycles. The number of benzene rings is 2. The lowest BCUT2D eigenvalue weighted by Gasteiger charge is -2.32. The molecule has 3 nitrogen and oxygen atoms in total. The molecular formula is C20H22N2OS. The number of hydrogen-bond donors (Lipinski definition) is 1. The van der Waals surface area contributed by atoms with Gasteiger partial charge in [0.2, 0.25) is 0 Å². The molecule has 1 aliphatic rings. The number of aromatic nitrogens is 1. The summed E-state index contributed by atoms with van der Waals surface area (Å²) in [4.78, 5) is 7.20. The normalized spacial score (nSPS) is 18.0. The number of thiazole rings is 1. The van der Waals surface area contributed by atoms with Gasteiger partial charge in [0.15, 0.2) is 0 Å². The molecule has 1 aliphatic heterocycles. The maximum Gasteiger partial charge on any atom is 0.0970 e. The molecule has 1 unspecified atom stereocenters. The van der Waals surface area contributed by atoms with E-state index in [1.165, 1.54) is 9.71 Å². The Hall–Kier alpha value is -1.75. The van der Waals surface area contributed by atoms with Gasteiger partial charge in [-0.15, -0.1) is 11.3 Å². The van der Waals surface area contributed by atoms with Gasteiger partial charge < -0.3 is 10.0 Å². The average Bonchev–Trinajstić information content (AvgIpc) is 3.07. The Balaban J connectivity index is 1.36. The quantitative estimate of drug-likeness (QED) is 0.774. The molecule has 1 fully saturated rings. The van der Waals surface area contributed by atoms with Gasteiger partial charge in [0, 0.05) is 12.5 Å². The van der Waals surface area contributed by atoms with Crippen LogP contribution in [0.15, 0.2) is 54.6 Å². The molecule has 4 rings (SSSR count). The van der Waals surface area contributed by atoms with E-state index in [-0.39, 0.29) is 0 Å². The molecule has 2 aromatic carbocycles. The Morgan fingerprint density at radius 2 is 1.75 bits per heavy atom. The third kappa shape index (κ3) is 3.36. The van der Waals surface area contributed by atoms with Crippen LogP contribution in [-0.2, 0) is 0 Å².